The monoisotopic (exact) mass is 253 g/mol. The summed E-state index contributed by atoms with van der Waals surface area (Å²) in [6.45, 7) is 0. The molecule has 2 aromatic rings. The van der Waals surface area contributed by atoms with Gasteiger partial charge in [0.2, 0.25) is 0 Å². The molecule has 0 nitrogen and oxygen atoms in total. The van der Waals surface area contributed by atoms with Crippen molar-refractivity contribution in [2.24, 2.45) is 0 Å². The minimum absolute atomic E-state index is 0.116. The Hall–Kier alpha value is -0.810. The van der Waals surface area contributed by atoms with Crippen molar-refractivity contribution in [3.63, 3.8) is 0 Å². The van der Waals surface area contributed by atoms with Gasteiger partial charge in [-0.15, -0.1) is 11.3 Å². The van der Waals surface area contributed by atoms with Crippen LogP contribution in [0, 0.1) is 11.2 Å². The summed E-state index contributed by atoms with van der Waals surface area (Å²) in [6.07, 6.45) is -4.69. The van der Waals surface area contributed by atoms with Crippen LogP contribution >= 0.6 is 22.9 Å². The first-order valence-electron chi connectivity index (χ1n) is 3.76. The van der Waals surface area contributed by atoms with E-state index in [1.807, 2.05) is 0 Å². The molecule has 0 bridgehead atoms. The molecule has 79 valence electrons. The van der Waals surface area contributed by atoms with Crippen molar-refractivity contribution >= 4 is 33.0 Å². The van der Waals surface area contributed by atoms with Crippen LogP contribution in [0.2, 0.25) is 5.02 Å². The smallest absolute Gasteiger partial charge is 0.205 e. The minimum Gasteiger partial charge on any atom is -0.205 e. The molecule has 0 fully saturated rings. The van der Waals surface area contributed by atoms with Crippen LogP contribution in [0.5, 0.6) is 0 Å². The van der Waals surface area contributed by atoms with E-state index in [-0.39, 0.29) is 15.1 Å². The van der Waals surface area contributed by atoms with Crippen molar-refractivity contribution in [2.75, 3.05) is 0 Å². The molecular formula is C9H2ClF4S. The van der Waals surface area contributed by atoms with Gasteiger partial charge < -0.3 is 0 Å². The van der Waals surface area contributed by atoms with Gasteiger partial charge in [-0.3, -0.25) is 0 Å². The quantitative estimate of drug-likeness (QED) is 0.606. The molecule has 1 aromatic carbocycles. The molecule has 1 aromatic heterocycles. The summed E-state index contributed by atoms with van der Waals surface area (Å²) in [5, 5.41) is 2.89. The number of halogens is 5. The van der Waals surface area contributed by atoms with Crippen molar-refractivity contribution in [3.8, 4) is 0 Å². The van der Waals surface area contributed by atoms with Crippen LogP contribution < -0.4 is 0 Å². The highest BCUT2D eigenvalue weighted by atomic mass is 35.5. The predicted octanol–water partition coefficient (Wildman–Crippen LogP) is 4.51. The summed E-state index contributed by atoms with van der Waals surface area (Å²) >= 11 is 6.36. The fraction of sp³-hybridized carbons (Fsp3) is 0.111. The average Bonchev–Trinajstić information content (AvgIpc) is 2.47. The molecule has 2 rings (SSSR count). The molecule has 6 heteroatoms. The van der Waals surface area contributed by atoms with E-state index in [0.717, 1.165) is 17.4 Å². The van der Waals surface area contributed by atoms with Crippen molar-refractivity contribution in [1.29, 1.82) is 0 Å². The Labute approximate surface area is 91.1 Å². The Kier molecular flexibility index (Phi) is 2.39. The largest absolute Gasteiger partial charge is 0.419 e. The topological polar surface area (TPSA) is 0 Å². The number of alkyl halides is 3. The third kappa shape index (κ3) is 1.70. The summed E-state index contributed by atoms with van der Waals surface area (Å²) in [6, 6.07) is 1.83. The molecule has 0 aliphatic carbocycles. The fourth-order valence-corrected chi connectivity index (χ4v) is 2.31. The second kappa shape index (κ2) is 3.35. The van der Waals surface area contributed by atoms with Gasteiger partial charge >= 0.3 is 6.18 Å². The lowest BCUT2D eigenvalue weighted by atomic mass is 10.1. The molecule has 0 aliphatic rings. The van der Waals surface area contributed by atoms with Gasteiger partial charge in [0.05, 0.1) is 20.7 Å². The van der Waals surface area contributed by atoms with E-state index in [1.165, 1.54) is 0 Å². The second-order valence-electron chi connectivity index (χ2n) is 2.82. The summed E-state index contributed by atoms with van der Waals surface area (Å²) in [5.74, 6) is -1.28. The van der Waals surface area contributed by atoms with Gasteiger partial charge in [-0.1, -0.05) is 17.7 Å². The number of hydrogen-bond donors (Lipinski definition) is 0. The molecule has 0 amide bonds. The number of benzene rings is 1. The molecule has 0 saturated carbocycles. The molecule has 0 spiro atoms. The van der Waals surface area contributed by atoms with Crippen molar-refractivity contribution in [1.82, 2.24) is 0 Å². The second-order valence-corrected chi connectivity index (χ2v) is 4.01. The normalized spacial score (nSPS) is 12.3. The van der Waals surface area contributed by atoms with Crippen LogP contribution in [0.1, 0.15) is 5.56 Å². The van der Waals surface area contributed by atoms with Crippen molar-refractivity contribution in [2.45, 2.75) is 6.18 Å². The minimum atomic E-state index is -4.69. The zero-order valence-electron chi connectivity index (χ0n) is 6.95. The van der Waals surface area contributed by atoms with Gasteiger partial charge in [0, 0.05) is 5.39 Å². The predicted molar refractivity (Wildman–Crippen MR) is 50.6 cm³/mol. The summed E-state index contributed by atoms with van der Waals surface area (Å²) in [5.41, 5.74) is -1.28. The Balaban J connectivity index is 2.77. The molecule has 0 unspecified atom stereocenters. The van der Waals surface area contributed by atoms with E-state index in [0.29, 0.717) is 6.07 Å². The number of hydrogen-bond acceptors (Lipinski definition) is 1. The zero-order valence-corrected chi connectivity index (χ0v) is 8.53. The van der Waals surface area contributed by atoms with Gasteiger partial charge in [0.1, 0.15) is 0 Å². The Morgan fingerprint density at radius 1 is 1.27 bits per heavy atom. The highest BCUT2D eigenvalue weighted by Crippen LogP contribution is 2.38. The maximum atomic E-state index is 13.4. The Bertz CT molecular complexity index is 515. The molecule has 0 saturated heterocycles. The van der Waals surface area contributed by atoms with Crippen LogP contribution in [0.3, 0.4) is 0 Å². The fourth-order valence-electron chi connectivity index (χ4n) is 1.20. The van der Waals surface area contributed by atoms with Crippen LogP contribution in [-0.4, -0.2) is 0 Å². The molecule has 1 radical (unpaired) electrons. The molecular weight excluding hydrogens is 252 g/mol. The van der Waals surface area contributed by atoms with E-state index in [9.17, 15) is 17.6 Å². The van der Waals surface area contributed by atoms with E-state index >= 15 is 0 Å². The third-order valence-corrected chi connectivity index (χ3v) is 3.20. The van der Waals surface area contributed by atoms with Gasteiger partial charge in [-0.05, 0) is 6.07 Å². The molecule has 0 atom stereocenters. The molecule has 15 heavy (non-hydrogen) atoms. The summed E-state index contributed by atoms with van der Waals surface area (Å²) < 4.78 is 50.2. The molecule has 1 heterocycles. The van der Waals surface area contributed by atoms with Crippen LogP contribution in [0.25, 0.3) is 10.1 Å². The first-order valence-corrected chi connectivity index (χ1v) is 4.96. The van der Waals surface area contributed by atoms with E-state index in [2.05, 4.69) is 5.38 Å². The molecule has 0 N–H and O–H groups in total. The number of thiophene rings is 1. The van der Waals surface area contributed by atoms with E-state index in [1.54, 1.807) is 0 Å². The first kappa shape index (κ1) is 10.7. The lowest BCUT2D eigenvalue weighted by molar-refractivity contribution is -0.139. The zero-order chi connectivity index (χ0) is 11.2. The Morgan fingerprint density at radius 2 is 1.93 bits per heavy atom. The van der Waals surface area contributed by atoms with Crippen molar-refractivity contribution < 1.29 is 17.6 Å². The highest BCUT2D eigenvalue weighted by molar-refractivity contribution is 7.17. The maximum absolute atomic E-state index is 13.4. The SMILES string of the molecule is Fc1c(C(F)(F)F)ccc2c(Cl)[c]sc12. The lowest BCUT2D eigenvalue weighted by Crippen LogP contribution is -2.07. The van der Waals surface area contributed by atoms with E-state index < -0.39 is 17.6 Å². The van der Waals surface area contributed by atoms with E-state index in [4.69, 9.17) is 11.6 Å². The maximum Gasteiger partial charge on any atom is 0.419 e. The highest BCUT2D eigenvalue weighted by Gasteiger charge is 2.35. The first-order chi connectivity index (χ1) is 6.91. The van der Waals surface area contributed by atoms with Gasteiger partial charge in [-0.2, -0.15) is 13.2 Å². The molecule has 0 aliphatic heterocycles. The number of fused-ring (bicyclic) bond motifs is 1. The van der Waals surface area contributed by atoms with Crippen molar-refractivity contribution in [3.05, 3.63) is 33.9 Å². The summed E-state index contributed by atoms with van der Waals surface area (Å²) in [4.78, 5) is 0. The van der Waals surface area contributed by atoms with Crippen LogP contribution in [-0.2, 0) is 6.18 Å². The summed E-state index contributed by atoms with van der Waals surface area (Å²) in [7, 11) is 0. The number of rotatable bonds is 0. The van der Waals surface area contributed by atoms with Gasteiger partial charge in [0.15, 0.2) is 5.82 Å². The van der Waals surface area contributed by atoms with Gasteiger partial charge in [-0.25, -0.2) is 4.39 Å². The Morgan fingerprint density at radius 3 is 2.53 bits per heavy atom. The third-order valence-electron chi connectivity index (χ3n) is 1.88. The van der Waals surface area contributed by atoms with Crippen LogP contribution in [0.4, 0.5) is 17.6 Å². The standard InChI is InChI=1S/C9H2ClF4S/c10-6-3-15-8-4(6)1-2-5(7(8)11)9(12,13)14/h1-2H. The average molecular weight is 254 g/mol. The van der Waals surface area contributed by atoms with Gasteiger partial charge in [0.25, 0.3) is 0 Å². The lowest BCUT2D eigenvalue weighted by Gasteiger charge is -2.07. The van der Waals surface area contributed by atoms with Crippen LogP contribution in [0.15, 0.2) is 12.1 Å².